The van der Waals surface area contributed by atoms with Crippen LogP contribution < -0.4 is 10.5 Å². The smallest absolute Gasteiger partial charge is 0.323 e. The van der Waals surface area contributed by atoms with Crippen molar-refractivity contribution in [3.63, 3.8) is 0 Å². The monoisotopic (exact) mass is 223 g/mol. The summed E-state index contributed by atoms with van der Waals surface area (Å²) in [5.41, 5.74) is 5.38. The normalized spacial score (nSPS) is 13.9. The van der Waals surface area contributed by atoms with E-state index in [9.17, 15) is 4.79 Å². The highest BCUT2D eigenvalue weighted by atomic mass is 16.6. The standard InChI is InChI=1S/C12H17NO3/c1-9(16-12(14)10(2)13)8-15-11-6-4-3-5-7-11/h3-7,9-10H,8,13H2,1-2H3/t9-,10-/m0/s1. The van der Waals surface area contributed by atoms with E-state index in [1.807, 2.05) is 30.3 Å². The molecule has 0 aliphatic rings. The zero-order valence-corrected chi connectivity index (χ0v) is 9.55. The molecule has 0 heterocycles. The number of hydrogen-bond donors (Lipinski definition) is 1. The number of ether oxygens (including phenoxy) is 2. The van der Waals surface area contributed by atoms with Crippen LogP contribution in [0, 0.1) is 0 Å². The molecule has 0 amide bonds. The zero-order valence-electron chi connectivity index (χ0n) is 9.55. The second-order valence-electron chi connectivity index (χ2n) is 3.66. The van der Waals surface area contributed by atoms with Gasteiger partial charge in [0.25, 0.3) is 0 Å². The van der Waals surface area contributed by atoms with Gasteiger partial charge in [-0.3, -0.25) is 4.79 Å². The molecule has 0 saturated heterocycles. The summed E-state index contributed by atoms with van der Waals surface area (Å²) >= 11 is 0. The summed E-state index contributed by atoms with van der Waals surface area (Å²) in [6.07, 6.45) is -0.307. The fourth-order valence-corrected chi connectivity index (χ4v) is 1.07. The maximum atomic E-state index is 11.2. The molecule has 2 atom stereocenters. The fraction of sp³-hybridized carbons (Fsp3) is 0.417. The molecule has 1 aromatic carbocycles. The summed E-state index contributed by atoms with van der Waals surface area (Å²) in [6.45, 7) is 3.68. The molecule has 4 heteroatoms. The van der Waals surface area contributed by atoms with Crippen LogP contribution in [0.3, 0.4) is 0 Å². The number of para-hydroxylation sites is 1. The van der Waals surface area contributed by atoms with E-state index in [0.717, 1.165) is 5.75 Å². The van der Waals surface area contributed by atoms with Gasteiger partial charge in [-0.25, -0.2) is 0 Å². The van der Waals surface area contributed by atoms with E-state index in [4.69, 9.17) is 15.2 Å². The maximum Gasteiger partial charge on any atom is 0.323 e. The second-order valence-corrected chi connectivity index (χ2v) is 3.66. The van der Waals surface area contributed by atoms with Crippen molar-refractivity contribution in [2.45, 2.75) is 26.0 Å². The van der Waals surface area contributed by atoms with Gasteiger partial charge in [0, 0.05) is 0 Å². The SMILES string of the molecule is C[C@H](N)C(=O)O[C@@H](C)COc1ccccc1. The third-order valence-corrected chi connectivity index (χ3v) is 1.92. The van der Waals surface area contributed by atoms with Crippen molar-refractivity contribution in [2.75, 3.05) is 6.61 Å². The van der Waals surface area contributed by atoms with Crippen LogP contribution in [0.5, 0.6) is 5.75 Å². The summed E-state index contributed by atoms with van der Waals surface area (Å²) in [5, 5.41) is 0. The van der Waals surface area contributed by atoms with E-state index in [2.05, 4.69) is 0 Å². The molecule has 1 rings (SSSR count). The highest BCUT2D eigenvalue weighted by Crippen LogP contribution is 2.09. The van der Waals surface area contributed by atoms with Gasteiger partial charge in [-0.15, -0.1) is 0 Å². The van der Waals surface area contributed by atoms with E-state index in [-0.39, 0.29) is 6.10 Å². The highest BCUT2D eigenvalue weighted by molar-refractivity contribution is 5.75. The Morgan fingerprint density at radius 2 is 1.94 bits per heavy atom. The van der Waals surface area contributed by atoms with Gasteiger partial charge >= 0.3 is 5.97 Å². The Labute approximate surface area is 95.3 Å². The van der Waals surface area contributed by atoms with Crippen molar-refractivity contribution in [1.29, 1.82) is 0 Å². The Balaban J connectivity index is 2.30. The first-order chi connectivity index (χ1) is 7.59. The number of nitrogens with two attached hydrogens (primary N) is 1. The molecule has 0 fully saturated rings. The number of carbonyl (C=O) groups is 1. The van der Waals surface area contributed by atoms with E-state index >= 15 is 0 Å². The van der Waals surface area contributed by atoms with Gasteiger partial charge in [0.2, 0.25) is 0 Å². The third-order valence-electron chi connectivity index (χ3n) is 1.92. The average Bonchev–Trinajstić information content (AvgIpc) is 2.27. The minimum atomic E-state index is -0.598. The lowest BCUT2D eigenvalue weighted by Gasteiger charge is -2.15. The van der Waals surface area contributed by atoms with Crippen LogP contribution in [0.4, 0.5) is 0 Å². The van der Waals surface area contributed by atoms with Gasteiger partial charge in [-0.1, -0.05) is 18.2 Å². The van der Waals surface area contributed by atoms with Crippen LogP contribution in [-0.2, 0) is 9.53 Å². The molecule has 0 bridgehead atoms. The number of benzene rings is 1. The molecule has 0 aliphatic carbocycles. The van der Waals surface area contributed by atoms with E-state index in [1.54, 1.807) is 13.8 Å². The van der Waals surface area contributed by atoms with Gasteiger partial charge in [-0.05, 0) is 26.0 Å². The molecule has 4 nitrogen and oxygen atoms in total. The zero-order chi connectivity index (χ0) is 12.0. The summed E-state index contributed by atoms with van der Waals surface area (Å²) < 4.78 is 10.5. The molecule has 0 aliphatic heterocycles. The van der Waals surface area contributed by atoms with Gasteiger partial charge < -0.3 is 15.2 Å². The molecule has 16 heavy (non-hydrogen) atoms. The maximum absolute atomic E-state index is 11.2. The Hall–Kier alpha value is -1.55. The van der Waals surface area contributed by atoms with Crippen LogP contribution in [0.2, 0.25) is 0 Å². The minimum Gasteiger partial charge on any atom is -0.490 e. The van der Waals surface area contributed by atoms with Crippen molar-refractivity contribution in [2.24, 2.45) is 5.73 Å². The fourth-order valence-electron chi connectivity index (χ4n) is 1.07. The van der Waals surface area contributed by atoms with Crippen molar-refractivity contribution in [3.8, 4) is 5.75 Å². The van der Waals surface area contributed by atoms with Crippen LogP contribution in [0.1, 0.15) is 13.8 Å². The molecule has 88 valence electrons. The molecular formula is C12H17NO3. The predicted octanol–water partition coefficient (Wildman–Crippen LogP) is 1.34. The molecule has 0 saturated carbocycles. The van der Waals surface area contributed by atoms with Crippen molar-refractivity contribution in [3.05, 3.63) is 30.3 Å². The lowest BCUT2D eigenvalue weighted by Crippen LogP contribution is -2.33. The number of carbonyl (C=O) groups excluding carboxylic acids is 1. The lowest BCUT2D eigenvalue weighted by atomic mass is 10.3. The molecule has 2 N–H and O–H groups in total. The van der Waals surface area contributed by atoms with Crippen molar-refractivity contribution < 1.29 is 14.3 Å². The second kappa shape index (κ2) is 6.12. The molecule has 0 radical (unpaired) electrons. The lowest BCUT2D eigenvalue weighted by molar-refractivity contribution is -0.150. The minimum absolute atomic E-state index is 0.307. The molecule has 0 aromatic heterocycles. The van der Waals surface area contributed by atoms with Crippen LogP contribution in [0.25, 0.3) is 0 Å². The number of esters is 1. The summed E-state index contributed by atoms with van der Waals surface area (Å²) in [7, 11) is 0. The molecule has 0 unspecified atom stereocenters. The largest absolute Gasteiger partial charge is 0.490 e. The Kier molecular flexibility index (Phi) is 4.79. The molecular weight excluding hydrogens is 206 g/mol. The summed E-state index contributed by atoms with van der Waals surface area (Å²) in [6, 6.07) is 8.77. The predicted molar refractivity (Wildman–Crippen MR) is 61.1 cm³/mol. The van der Waals surface area contributed by atoms with Crippen molar-refractivity contribution in [1.82, 2.24) is 0 Å². The Morgan fingerprint density at radius 1 is 1.31 bits per heavy atom. The van der Waals surface area contributed by atoms with Crippen LogP contribution >= 0.6 is 0 Å². The third kappa shape index (κ3) is 4.31. The Bertz CT molecular complexity index is 324. The highest BCUT2D eigenvalue weighted by Gasteiger charge is 2.13. The summed E-state index contributed by atoms with van der Waals surface area (Å²) in [5.74, 6) is 0.343. The first kappa shape index (κ1) is 12.5. The van der Waals surface area contributed by atoms with Crippen molar-refractivity contribution >= 4 is 5.97 Å². The number of rotatable bonds is 5. The van der Waals surface area contributed by atoms with Gasteiger partial charge in [0.15, 0.2) is 0 Å². The van der Waals surface area contributed by atoms with Gasteiger partial charge in [0.05, 0.1) is 0 Å². The Morgan fingerprint density at radius 3 is 2.50 bits per heavy atom. The quantitative estimate of drug-likeness (QED) is 0.765. The van der Waals surface area contributed by atoms with E-state index in [0.29, 0.717) is 6.61 Å². The first-order valence-corrected chi connectivity index (χ1v) is 5.23. The van der Waals surface area contributed by atoms with Crippen LogP contribution in [0.15, 0.2) is 30.3 Å². The first-order valence-electron chi connectivity index (χ1n) is 5.23. The van der Waals surface area contributed by atoms with E-state index in [1.165, 1.54) is 0 Å². The summed E-state index contributed by atoms with van der Waals surface area (Å²) in [4.78, 5) is 11.2. The average molecular weight is 223 g/mol. The van der Waals surface area contributed by atoms with Gasteiger partial charge in [0.1, 0.15) is 24.5 Å². The number of hydrogen-bond acceptors (Lipinski definition) is 4. The van der Waals surface area contributed by atoms with E-state index < -0.39 is 12.0 Å². The topological polar surface area (TPSA) is 61.6 Å². The molecule has 1 aromatic rings. The van der Waals surface area contributed by atoms with Crippen LogP contribution in [-0.4, -0.2) is 24.7 Å². The molecule has 0 spiro atoms. The van der Waals surface area contributed by atoms with Gasteiger partial charge in [-0.2, -0.15) is 0 Å².